The summed E-state index contributed by atoms with van der Waals surface area (Å²) in [4.78, 5) is 25.5. The Morgan fingerprint density at radius 1 is 1.09 bits per heavy atom. The van der Waals surface area contributed by atoms with Crippen LogP contribution < -0.4 is 17.0 Å². The molecule has 0 bridgehead atoms. The lowest BCUT2D eigenvalue weighted by atomic mass is 9.99. The predicted octanol–water partition coefficient (Wildman–Crippen LogP) is 4.55. The van der Waals surface area contributed by atoms with Gasteiger partial charge in [-0.05, 0) is 24.6 Å². The Hall–Kier alpha value is -3.95. The largest absolute Gasteiger partial charge is 0.462 e. The Balaban J connectivity index is 1.87. The van der Waals surface area contributed by atoms with Crippen LogP contribution in [0.2, 0.25) is 0 Å². The lowest BCUT2D eigenvalue weighted by molar-refractivity contribution is 0.0528. The number of carbonyl (C=O) groups excluding carboxylic acids is 1. The summed E-state index contributed by atoms with van der Waals surface area (Å²) in [6, 6.07) is 17.3. The molecule has 0 amide bonds. The second-order valence-electron chi connectivity index (χ2n) is 7.06. The predicted molar refractivity (Wildman–Crippen MR) is 128 cm³/mol. The molecule has 5 aromatic rings. The first kappa shape index (κ1) is 20.0. The van der Waals surface area contributed by atoms with Gasteiger partial charge in [0.25, 0.3) is 0 Å². The number of aromatic amines is 1. The van der Waals surface area contributed by atoms with Gasteiger partial charge in [-0.25, -0.2) is 20.6 Å². The molecule has 0 fully saturated rings. The number of esters is 1. The van der Waals surface area contributed by atoms with Crippen LogP contribution in [0.1, 0.15) is 17.3 Å². The molecule has 160 valence electrons. The highest BCUT2D eigenvalue weighted by Crippen LogP contribution is 2.47. The van der Waals surface area contributed by atoms with Gasteiger partial charge in [-0.15, -0.1) is 11.3 Å². The number of nitrogen functional groups attached to an aromatic ring is 2. The van der Waals surface area contributed by atoms with Gasteiger partial charge in [-0.2, -0.15) is 0 Å². The minimum absolute atomic E-state index is 0.0912. The monoisotopic (exact) mass is 444 g/mol. The first-order valence-corrected chi connectivity index (χ1v) is 10.8. The number of hydrogen-bond acceptors (Lipinski definition) is 8. The van der Waals surface area contributed by atoms with Crippen LogP contribution in [0.3, 0.4) is 0 Å². The summed E-state index contributed by atoms with van der Waals surface area (Å²) in [6.07, 6.45) is 0. The van der Waals surface area contributed by atoms with Gasteiger partial charge in [0.2, 0.25) is 0 Å². The van der Waals surface area contributed by atoms with E-state index in [0.29, 0.717) is 27.5 Å². The number of thiophene rings is 1. The number of nitrogens with zero attached hydrogens (tertiary/aromatic N) is 2. The molecule has 0 radical (unpaired) electrons. The van der Waals surface area contributed by atoms with E-state index in [1.165, 1.54) is 11.3 Å². The number of nitrogens with one attached hydrogen (secondary N) is 2. The van der Waals surface area contributed by atoms with Gasteiger partial charge < -0.3 is 20.9 Å². The highest BCUT2D eigenvalue weighted by Gasteiger charge is 2.27. The molecule has 0 atom stereocenters. The first-order valence-electron chi connectivity index (χ1n) is 10.0. The molecule has 5 rings (SSSR count). The summed E-state index contributed by atoms with van der Waals surface area (Å²) in [6.45, 7) is 1.98. The normalized spacial score (nSPS) is 11.2. The van der Waals surface area contributed by atoms with Crippen LogP contribution in [-0.4, -0.2) is 27.5 Å². The fourth-order valence-electron chi connectivity index (χ4n) is 3.80. The molecule has 8 nitrogen and oxygen atoms in total. The second kappa shape index (κ2) is 7.95. The Bertz CT molecular complexity index is 1430. The van der Waals surface area contributed by atoms with Gasteiger partial charge in [0, 0.05) is 5.56 Å². The quantitative estimate of drug-likeness (QED) is 0.178. The molecule has 3 aromatic heterocycles. The number of nitrogens with two attached hydrogens (primary N) is 2. The molecule has 0 saturated heterocycles. The number of imidazole rings is 1. The van der Waals surface area contributed by atoms with Crippen LogP contribution in [0.5, 0.6) is 0 Å². The van der Waals surface area contributed by atoms with Crippen molar-refractivity contribution in [1.29, 1.82) is 0 Å². The molecule has 0 aliphatic heterocycles. The molecule has 0 aliphatic rings. The zero-order chi connectivity index (χ0) is 22.2. The maximum atomic E-state index is 12.9. The molecule has 6 N–H and O–H groups in total. The molecule has 0 saturated carbocycles. The van der Waals surface area contributed by atoms with Crippen LogP contribution in [-0.2, 0) is 4.74 Å². The molecule has 0 unspecified atom stereocenters. The summed E-state index contributed by atoms with van der Waals surface area (Å²) >= 11 is 1.39. The highest BCUT2D eigenvalue weighted by atomic mass is 32.1. The van der Waals surface area contributed by atoms with E-state index in [1.807, 2.05) is 54.6 Å². The third-order valence-corrected chi connectivity index (χ3v) is 6.28. The van der Waals surface area contributed by atoms with Crippen LogP contribution in [0.25, 0.3) is 43.8 Å². The highest BCUT2D eigenvalue weighted by molar-refractivity contribution is 7.24. The Kier molecular flexibility index (Phi) is 4.96. The van der Waals surface area contributed by atoms with E-state index in [0.717, 1.165) is 21.3 Å². The van der Waals surface area contributed by atoms with E-state index in [1.54, 1.807) is 6.92 Å². The third-order valence-electron chi connectivity index (χ3n) is 5.15. The van der Waals surface area contributed by atoms with E-state index in [-0.39, 0.29) is 18.0 Å². The van der Waals surface area contributed by atoms with Crippen molar-refractivity contribution in [2.24, 2.45) is 5.84 Å². The van der Waals surface area contributed by atoms with Crippen LogP contribution in [0, 0.1) is 0 Å². The Labute approximate surface area is 187 Å². The maximum Gasteiger partial charge on any atom is 0.342 e. The number of hydrazine groups is 1. The third kappa shape index (κ3) is 3.15. The van der Waals surface area contributed by atoms with Crippen LogP contribution in [0.4, 0.5) is 10.8 Å². The number of aromatic nitrogens is 3. The molecule has 0 aliphatic carbocycles. The van der Waals surface area contributed by atoms with Crippen molar-refractivity contribution >= 4 is 49.4 Å². The SMILES string of the molecule is CCOC(=O)c1c(N)nc2c(-c3nc4ccccc4[nH]3)c(NN)sc2c1-c1ccccc1. The summed E-state index contributed by atoms with van der Waals surface area (Å²) in [5, 5.41) is 0.657. The Morgan fingerprint density at radius 2 is 1.84 bits per heavy atom. The van der Waals surface area contributed by atoms with Gasteiger partial charge in [0.05, 0.1) is 33.4 Å². The number of rotatable bonds is 5. The molecular formula is C23H20N6O2S. The van der Waals surface area contributed by atoms with Crippen molar-refractivity contribution in [3.8, 4) is 22.5 Å². The molecule has 32 heavy (non-hydrogen) atoms. The number of ether oxygens (including phenoxy) is 1. The standard InChI is InChI=1S/C23H20N6O2S/c1-2-31-23(30)16-15(12-8-4-3-5-9-12)19-18(28-20(16)24)17(22(29-25)32-19)21-26-13-10-6-7-11-14(13)27-21/h3-11,29H,2,25H2,1H3,(H2,24,28)(H,26,27). The maximum absolute atomic E-state index is 12.9. The zero-order valence-electron chi connectivity index (χ0n) is 17.2. The number of pyridine rings is 1. The number of fused-ring (bicyclic) bond motifs is 2. The number of anilines is 2. The van der Waals surface area contributed by atoms with Crippen molar-refractivity contribution in [3.05, 3.63) is 60.2 Å². The minimum Gasteiger partial charge on any atom is -0.462 e. The van der Waals surface area contributed by atoms with E-state index in [9.17, 15) is 4.79 Å². The number of carbonyl (C=O) groups is 1. The van der Waals surface area contributed by atoms with E-state index < -0.39 is 5.97 Å². The van der Waals surface area contributed by atoms with Crippen molar-refractivity contribution in [3.63, 3.8) is 0 Å². The number of para-hydroxylation sites is 2. The lowest BCUT2D eigenvalue weighted by Crippen LogP contribution is -2.11. The molecule has 9 heteroatoms. The number of H-pyrrole nitrogens is 1. The Morgan fingerprint density at radius 3 is 2.56 bits per heavy atom. The summed E-state index contributed by atoms with van der Waals surface area (Å²) in [5.41, 5.74) is 13.9. The number of benzene rings is 2. The smallest absolute Gasteiger partial charge is 0.342 e. The fraction of sp³-hybridized carbons (Fsp3) is 0.0870. The minimum atomic E-state index is -0.515. The van der Waals surface area contributed by atoms with Crippen molar-refractivity contribution in [2.75, 3.05) is 17.8 Å². The van der Waals surface area contributed by atoms with Gasteiger partial charge in [-0.1, -0.05) is 42.5 Å². The lowest BCUT2D eigenvalue weighted by Gasteiger charge is -2.13. The van der Waals surface area contributed by atoms with Gasteiger partial charge >= 0.3 is 5.97 Å². The number of hydrogen-bond donors (Lipinski definition) is 4. The second-order valence-corrected chi connectivity index (χ2v) is 8.08. The van der Waals surface area contributed by atoms with Gasteiger partial charge in [-0.3, -0.25) is 0 Å². The average Bonchev–Trinajstić information content (AvgIpc) is 3.39. The molecule has 3 heterocycles. The summed E-state index contributed by atoms with van der Waals surface area (Å²) in [5.74, 6) is 6.07. The van der Waals surface area contributed by atoms with Crippen molar-refractivity contribution in [2.45, 2.75) is 6.92 Å². The van der Waals surface area contributed by atoms with Crippen molar-refractivity contribution < 1.29 is 9.53 Å². The topological polar surface area (TPSA) is 132 Å². The molecular weight excluding hydrogens is 424 g/mol. The van der Waals surface area contributed by atoms with Crippen molar-refractivity contribution in [1.82, 2.24) is 15.0 Å². The van der Waals surface area contributed by atoms with E-state index in [4.69, 9.17) is 21.3 Å². The van der Waals surface area contributed by atoms with Crippen LogP contribution >= 0.6 is 11.3 Å². The molecule has 2 aromatic carbocycles. The average molecular weight is 445 g/mol. The van der Waals surface area contributed by atoms with E-state index >= 15 is 0 Å². The zero-order valence-corrected chi connectivity index (χ0v) is 18.0. The first-order chi connectivity index (χ1) is 15.6. The van der Waals surface area contributed by atoms with Gasteiger partial charge in [0.1, 0.15) is 22.2 Å². The molecule has 0 spiro atoms. The summed E-state index contributed by atoms with van der Waals surface area (Å²) in [7, 11) is 0. The fourth-order valence-corrected chi connectivity index (χ4v) is 4.92. The van der Waals surface area contributed by atoms with Crippen LogP contribution in [0.15, 0.2) is 54.6 Å². The van der Waals surface area contributed by atoms with Gasteiger partial charge in [0.15, 0.2) is 0 Å². The van der Waals surface area contributed by atoms with E-state index in [2.05, 4.69) is 15.4 Å². The summed E-state index contributed by atoms with van der Waals surface area (Å²) < 4.78 is 6.06.